The van der Waals surface area contributed by atoms with E-state index in [1.807, 2.05) is 0 Å². The minimum atomic E-state index is -0.341. The number of benzene rings is 1. The molecule has 0 saturated heterocycles. The van der Waals surface area contributed by atoms with Gasteiger partial charge in [-0.15, -0.1) is 0 Å². The van der Waals surface area contributed by atoms with E-state index in [1.54, 1.807) is 24.4 Å². The lowest BCUT2D eigenvalue weighted by molar-refractivity contribution is -0.123. The van der Waals surface area contributed by atoms with Crippen LogP contribution >= 0.6 is 0 Å². The SMILES string of the molecule is COc1cc(CO)ccc1OCC(=O)NN=CCC(C)CCC=C(C)C. The topological polar surface area (TPSA) is 80.1 Å². The molecular formula is C20H30N2O4. The number of methoxy groups -OCH3 is 1. The number of amides is 1. The van der Waals surface area contributed by atoms with Gasteiger partial charge in [-0.2, -0.15) is 5.10 Å². The molecule has 0 saturated carbocycles. The summed E-state index contributed by atoms with van der Waals surface area (Å²) >= 11 is 0. The zero-order chi connectivity index (χ0) is 19.4. The summed E-state index contributed by atoms with van der Waals surface area (Å²) in [5, 5.41) is 13.1. The molecule has 0 aliphatic heterocycles. The van der Waals surface area contributed by atoms with Gasteiger partial charge in [0.2, 0.25) is 0 Å². The molecule has 0 radical (unpaired) electrons. The molecular weight excluding hydrogens is 332 g/mol. The first-order valence-electron chi connectivity index (χ1n) is 8.80. The van der Waals surface area contributed by atoms with Crippen molar-refractivity contribution in [1.29, 1.82) is 0 Å². The van der Waals surface area contributed by atoms with E-state index in [0.29, 0.717) is 23.0 Å². The summed E-state index contributed by atoms with van der Waals surface area (Å²) in [5.74, 6) is 1.08. The predicted octanol–water partition coefficient (Wildman–Crippen LogP) is 3.44. The van der Waals surface area contributed by atoms with Gasteiger partial charge in [-0.05, 0) is 56.7 Å². The van der Waals surface area contributed by atoms with E-state index in [2.05, 4.69) is 37.4 Å². The van der Waals surface area contributed by atoms with Crippen molar-refractivity contribution in [3.8, 4) is 11.5 Å². The van der Waals surface area contributed by atoms with Crippen LogP contribution in [0.2, 0.25) is 0 Å². The Bertz CT molecular complexity index is 622. The van der Waals surface area contributed by atoms with Gasteiger partial charge in [-0.25, -0.2) is 5.43 Å². The fourth-order valence-corrected chi connectivity index (χ4v) is 2.23. The molecule has 0 heterocycles. The van der Waals surface area contributed by atoms with Crippen LogP contribution in [0.25, 0.3) is 0 Å². The number of hydrogen-bond acceptors (Lipinski definition) is 5. The third-order valence-corrected chi connectivity index (χ3v) is 3.77. The molecule has 1 unspecified atom stereocenters. The number of nitrogens with zero attached hydrogens (tertiary/aromatic N) is 1. The van der Waals surface area contributed by atoms with Gasteiger partial charge in [0.15, 0.2) is 18.1 Å². The van der Waals surface area contributed by atoms with Gasteiger partial charge in [0, 0.05) is 6.21 Å². The lowest BCUT2D eigenvalue weighted by Crippen LogP contribution is -2.24. The van der Waals surface area contributed by atoms with Crippen LogP contribution in [0.4, 0.5) is 0 Å². The highest BCUT2D eigenvalue weighted by molar-refractivity contribution is 5.78. The number of aliphatic hydroxyl groups excluding tert-OH is 1. The van der Waals surface area contributed by atoms with E-state index >= 15 is 0 Å². The van der Waals surface area contributed by atoms with E-state index < -0.39 is 0 Å². The van der Waals surface area contributed by atoms with Gasteiger partial charge in [0.1, 0.15) is 0 Å². The Morgan fingerprint density at radius 1 is 1.35 bits per heavy atom. The average Bonchev–Trinajstić information content (AvgIpc) is 2.63. The molecule has 0 spiro atoms. The molecule has 6 nitrogen and oxygen atoms in total. The van der Waals surface area contributed by atoms with Gasteiger partial charge >= 0.3 is 0 Å². The van der Waals surface area contributed by atoms with E-state index in [0.717, 1.165) is 19.3 Å². The number of hydrazone groups is 1. The van der Waals surface area contributed by atoms with Crippen LogP contribution in [0.15, 0.2) is 34.9 Å². The summed E-state index contributed by atoms with van der Waals surface area (Å²) in [5.41, 5.74) is 4.50. The third kappa shape index (κ3) is 8.67. The lowest BCUT2D eigenvalue weighted by Gasteiger charge is -2.11. The average molecular weight is 362 g/mol. The van der Waals surface area contributed by atoms with Gasteiger partial charge in [0.05, 0.1) is 13.7 Å². The number of ether oxygens (including phenoxy) is 2. The maximum absolute atomic E-state index is 11.8. The second-order valence-electron chi connectivity index (χ2n) is 6.48. The number of hydrogen-bond donors (Lipinski definition) is 2. The predicted molar refractivity (Wildman–Crippen MR) is 103 cm³/mol. The highest BCUT2D eigenvalue weighted by Crippen LogP contribution is 2.27. The van der Waals surface area contributed by atoms with Gasteiger partial charge in [-0.1, -0.05) is 24.6 Å². The Balaban J connectivity index is 2.33. The van der Waals surface area contributed by atoms with Crippen molar-refractivity contribution >= 4 is 12.1 Å². The summed E-state index contributed by atoms with van der Waals surface area (Å²) in [6, 6.07) is 5.04. The number of nitrogens with one attached hydrogen (secondary N) is 1. The highest BCUT2D eigenvalue weighted by atomic mass is 16.5. The molecule has 2 N–H and O–H groups in total. The maximum atomic E-state index is 11.8. The Hall–Kier alpha value is -2.34. The van der Waals surface area contributed by atoms with Gasteiger partial charge in [-0.3, -0.25) is 4.79 Å². The van der Waals surface area contributed by atoms with E-state index in [1.165, 1.54) is 12.7 Å². The van der Waals surface area contributed by atoms with Gasteiger partial charge in [0.25, 0.3) is 5.91 Å². The molecule has 0 fully saturated rings. The van der Waals surface area contributed by atoms with Crippen molar-refractivity contribution in [2.45, 2.75) is 46.6 Å². The summed E-state index contributed by atoms with van der Waals surface area (Å²) in [7, 11) is 1.51. The van der Waals surface area contributed by atoms with Crippen molar-refractivity contribution in [2.24, 2.45) is 11.0 Å². The normalized spacial score (nSPS) is 11.9. The van der Waals surface area contributed by atoms with Crippen LogP contribution < -0.4 is 14.9 Å². The number of carbonyl (C=O) groups is 1. The molecule has 6 heteroatoms. The van der Waals surface area contributed by atoms with E-state index in [4.69, 9.17) is 14.6 Å². The quantitative estimate of drug-likeness (QED) is 0.359. The smallest absolute Gasteiger partial charge is 0.277 e. The van der Waals surface area contributed by atoms with Crippen molar-refractivity contribution in [2.75, 3.05) is 13.7 Å². The van der Waals surface area contributed by atoms with Crippen molar-refractivity contribution < 1.29 is 19.4 Å². The molecule has 1 rings (SSSR count). The summed E-state index contributed by atoms with van der Waals surface area (Å²) in [6.07, 6.45) is 6.93. The van der Waals surface area contributed by atoms with Crippen LogP contribution in [0.1, 0.15) is 45.6 Å². The van der Waals surface area contributed by atoms with Gasteiger partial charge < -0.3 is 14.6 Å². The molecule has 0 bridgehead atoms. The second-order valence-corrected chi connectivity index (χ2v) is 6.48. The molecule has 0 aromatic heterocycles. The molecule has 1 aromatic rings. The Morgan fingerprint density at radius 2 is 2.12 bits per heavy atom. The van der Waals surface area contributed by atoms with E-state index in [-0.39, 0.29) is 19.1 Å². The first kappa shape index (κ1) is 21.7. The first-order valence-corrected chi connectivity index (χ1v) is 8.80. The maximum Gasteiger partial charge on any atom is 0.277 e. The zero-order valence-corrected chi connectivity index (χ0v) is 16.1. The van der Waals surface area contributed by atoms with Crippen LogP contribution in [0.5, 0.6) is 11.5 Å². The Morgan fingerprint density at radius 3 is 2.77 bits per heavy atom. The third-order valence-electron chi connectivity index (χ3n) is 3.77. The van der Waals surface area contributed by atoms with Crippen LogP contribution in [0.3, 0.4) is 0 Å². The number of aliphatic hydroxyl groups is 1. The lowest BCUT2D eigenvalue weighted by atomic mass is 10.0. The van der Waals surface area contributed by atoms with Crippen molar-refractivity contribution in [3.05, 3.63) is 35.4 Å². The summed E-state index contributed by atoms with van der Waals surface area (Å²) in [4.78, 5) is 11.8. The molecule has 26 heavy (non-hydrogen) atoms. The molecule has 1 atom stereocenters. The molecule has 144 valence electrons. The van der Waals surface area contributed by atoms with Crippen molar-refractivity contribution in [3.63, 3.8) is 0 Å². The second kappa shape index (κ2) is 12.1. The molecule has 1 amide bonds. The fraction of sp³-hybridized carbons (Fsp3) is 0.500. The largest absolute Gasteiger partial charge is 0.493 e. The first-order chi connectivity index (χ1) is 12.5. The van der Waals surface area contributed by atoms with E-state index in [9.17, 15) is 4.79 Å². The van der Waals surface area contributed by atoms with Crippen LogP contribution in [-0.2, 0) is 11.4 Å². The molecule has 0 aliphatic rings. The fourth-order valence-electron chi connectivity index (χ4n) is 2.23. The molecule has 0 aliphatic carbocycles. The summed E-state index contributed by atoms with van der Waals surface area (Å²) in [6.45, 7) is 6.11. The molecule has 1 aromatic carbocycles. The van der Waals surface area contributed by atoms with Crippen LogP contribution in [-0.4, -0.2) is 30.9 Å². The standard InChI is InChI=1S/C20H30N2O4/c1-15(2)6-5-7-16(3)10-11-21-22-20(24)14-26-18-9-8-17(13-23)12-19(18)25-4/h6,8-9,11-12,16,23H,5,7,10,13-14H2,1-4H3,(H,22,24). The van der Waals surface area contributed by atoms with Crippen molar-refractivity contribution in [1.82, 2.24) is 5.43 Å². The minimum absolute atomic E-state index is 0.0847. The number of carbonyl (C=O) groups excluding carboxylic acids is 1. The number of allylic oxidation sites excluding steroid dienone is 2. The zero-order valence-electron chi connectivity index (χ0n) is 16.1. The Kier molecular flexibility index (Phi) is 10.1. The monoisotopic (exact) mass is 362 g/mol. The highest BCUT2D eigenvalue weighted by Gasteiger charge is 2.08. The summed E-state index contributed by atoms with van der Waals surface area (Å²) < 4.78 is 10.6. The Labute approximate surface area is 155 Å². The van der Waals surface area contributed by atoms with Crippen LogP contribution in [0, 0.1) is 5.92 Å². The minimum Gasteiger partial charge on any atom is -0.493 e. The number of rotatable bonds is 11.